The lowest BCUT2D eigenvalue weighted by Crippen LogP contribution is -2.33. The molecule has 1 aliphatic heterocycles. The van der Waals surface area contributed by atoms with E-state index in [2.05, 4.69) is 26.0 Å². The number of carbonyl (C=O) groups excluding carboxylic acids is 3. The lowest BCUT2D eigenvalue weighted by Gasteiger charge is -2.16. The highest BCUT2D eigenvalue weighted by Crippen LogP contribution is 2.26. The quantitative estimate of drug-likeness (QED) is 0.601. The molecule has 2 rings (SSSR count). The molecular weight excluding hydrogens is 364 g/mol. The zero-order valence-electron chi connectivity index (χ0n) is 12.9. The molecule has 0 spiro atoms. The fraction of sp³-hybridized carbons (Fsp3) is 0.438. The molecule has 7 heteroatoms. The van der Waals surface area contributed by atoms with Crippen LogP contribution in [0.4, 0.5) is 5.69 Å². The van der Waals surface area contributed by atoms with Crippen LogP contribution in [0, 0.1) is 5.92 Å². The van der Waals surface area contributed by atoms with E-state index in [1.165, 1.54) is 7.11 Å². The third-order valence-corrected chi connectivity index (χ3v) is 4.25. The zero-order valence-corrected chi connectivity index (χ0v) is 14.5. The molecule has 1 heterocycles. The summed E-state index contributed by atoms with van der Waals surface area (Å²) in [6.07, 6.45) is 1.000. The van der Waals surface area contributed by atoms with E-state index in [9.17, 15) is 14.4 Å². The summed E-state index contributed by atoms with van der Waals surface area (Å²) in [7, 11) is 1.34. The number of amides is 2. The third kappa shape index (κ3) is 4.79. The van der Waals surface area contributed by atoms with Gasteiger partial charge in [0.25, 0.3) is 0 Å². The smallest absolute Gasteiger partial charge is 0.305 e. The van der Waals surface area contributed by atoms with Gasteiger partial charge in [-0.1, -0.05) is 15.9 Å². The number of rotatable bonds is 6. The molecule has 2 amide bonds. The molecule has 1 aliphatic rings. The molecule has 0 saturated carbocycles. The molecule has 1 unspecified atom stereocenters. The minimum absolute atomic E-state index is 0.0537. The van der Waals surface area contributed by atoms with E-state index < -0.39 is 0 Å². The molecule has 23 heavy (non-hydrogen) atoms. The predicted octanol–water partition coefficient (Wildman–Crippen LogP) is 1.87. The van der Waals surface area contributed by atoms with Crippen LogP contribution in [0.25, 0.3) is 0 Å². The van der Waals surface area contributed by atoms with Gasteiger partial charge in [-0.2, -0.15) is 0 Å². The van der Waals surface area contributed by atoms with E-state index in [0.29, 0.717) is 19.5 Å². The average Bonchev–Trinajstić information content (AvgIpc) is 2.93. The summed E-state index contributed by atoms with van der Waals surface area (Å²) in [6.45, 7) is 0.778. The van der Waals surface area contributed by atoms with E-state index in [1.54, 1.807) is 4.90 Å². The number of benzene rings is 1. The predicted molar refractivity (Wildman–Crippen MR) is 88.9 cm³/mol. The Labute approximate surface area is 143 Å². The number of ether oxygens (including phenoxy) is 1. The first-order valence-electron chi connectivity index (χ1n) is 7.41. The van der Waals surface area contributed by atoms with E-state index in [1.807, 2.05) is 24.3 Å². The monoisotopic (exact) mass is 382 g/mol. The number of carbonyl (C=O) groups is 3. The van der Waals surface area contributed by atoms with Crippen LogP contribution < -0.4 is 10.2 Å². The first-order chi connectivity index (χ1) is 11.0. The van der Waals surface area contributed by atoms with Crippen LogP contribution in [0.15, 0.2) is 28.7 Å². The van der Waals surface area contributed by atoms with E-state index >= 15 is 0 Å². The fourth-order valence-corrected chi connectivity index (χ4v) is 2.71. The molecule has 1 saturated heterocycles. The lowest BCUT2D eigenvalue weighted by atomic mass is 10.1. The summed E-state index contributed by atoms with van der Waals surface area (Å²) in [6, 6.07) is 7.42. The van der Waals surface area contributed by atoms with E-state index in [4.69, 9.17) is 0 Å². The maximum absolute atomic E-state index is 12.1. The number of halogens is 1. The van der Waals surface area contributed by atoms with Crippen molar-refractivity contribution in [1.82, 2.24) is 5.32 Å². The summed E-state index contributed by atoms with van der Waals surface area (Å²) in [4.78, 5) is 36.8. The highest BCUT2D eigenvalue weighted by molar-refractivity contribution is 9.10. The van der Waals surface area contributed by atoms with Crippen LogP contribution in [0.3, 0.4) is 0 Å². The minimum atomic E-state index is -0.357. The van der Waals surface area contributed by atoms with Gasteiger partial charge >= 0.3 is 5.97 Å². The number of hydrogen-bond acceptors (Lipinski definition) is 4. The molecule has 0 aromatic heterocycles. The Balaban J connectivity index is 1.83. The molecule has 0 aliphatic carbocycles. The molecule has 1 fully saturated rings. The summed E-state index contributed by atoms with van der Waals surface area (Å²) in [5.74, 6) is -0.856. The average molecular weight is 383 g/mol. The van der Waals surface area contributed by atoms with Gasteiger partial charge in [0.2, 0.25) is 11.8 Å². The Bertz CT molecular complexity index is 588. The van der Waals surface area contributed by atoms with Crippen molar-refractivity contribution in [2.24, 2.45) is 5.92 Å². The number of methoxy groups -OCH3 is 1. The summed E-state index contributed by atoms with van der Waals surface area (Å²) in [5.41, 5.74) is 0.791. The number of hydrogen-bond donors (Lipinski definition) is 1. The van der Waals surface area contributed by atoms with E-state index in [-0.39, 0.29) is 36.5 Å². The first kappa shape index (κ1) is 17.5. The maximum atomic E-state index is 12.1. The largest absolute Gasteiger partial charge is 0.469 e. The Morgan fingerprint density at radius 2 is 2.04 bits per heavy atom. The van der Waals surface area contributed by atoms with Crippen molar-refractivity contribution in [2.45, 2.75) is 19.3 Å². The second kappa shape index (κ2) is 8.10. The summed E-state index contributed by atoms with van der Waals surface area (Å²) < 4.78 is 5.47. The molecule has 0 radical (unpaired) electrons. The van der Waals surface area contributed by atoms with Gasteiger partial charge in [0.15, 0.2) is 0 Å². The highest BCUT2D eigenvalue weighted by Gasteiger charge is 2.34. The lowest BCUT2D eigenvalue weighted by molar-refractivity contribution is -0.140. The van der Waals surface area contributed by atoms with Gasteiger partial charge < -0.3 is 15.0 Å². The topological polar surface area (TPSA) is 75.7 Å². The van der Waals surface area contributed by atoms with Gasteiger partial charge in [-0.25, -0.2) is 0 Å². The molecular formula is C16H19BrN2O4. The van der Waals surface area contributed by atoms with Crippen molar-refractivity contribution >= 4 is 39.4 Å². The Morgan fingerprint density at radius 3 is 2.70 bits per heavy atom. The van der Waals surface area contributed by atoms with Gasteiger partial charge in [-0.15, -0.1) is 0 Å². The molecule has 1 aromatic rings. The SMILES string of the molecule is COC(=O)CCCNC(=O)C1CC(=O)N(c2ccc(Br)cc2)C1. The third-order valence-electron chi connectivity index (χ3n) is 3.72. The van der Waals surface area contributed by atoms with Crippen molar-refractivity contribution in [3.63, 3.8) is 0 Å². The number of esters is 1. The molecule has 0 bridgehead atoms. The molecule has 6 nitrogen and oxygen atoms in total. The standard InChI is InChI=1S/C16H19BrN2O4/c1-23-15(21)3-2-8-18-16(22)11-9-14(20)19(10-11)13-6-4-12(17)5-7-13/h4-7,11H,2-3,8-10H2,1H3,(H,18,22). The second-order valence-corrected chi connectivity index (χ2v) is 6.27. The summed E-state index contributed by atoms with van der Waals surface area (Å²) in [5, 5.41) is 2.77. The number of nitrogens with zero attached hydrogens (tertiary/aromatic N) is 1. The molecule has 1 aromatic carbocycles. The van der Waals surface area contributed by atoms with Crippen LogP contribution >= 0.6 is 15.9 Å². The second-order valence-electron chi connectivity index (χ2n) is 5.35. The number of nitrogens with one attached hydrogen (secondary N) is 1. The maximum Gasteiger partial charge on any atom is 0.305 e. The first-order valence-corrected chi connectivity index (χ1v) is 8.21. The Morgan fingerprint density at radius 1 is 1.35 bits per heavy atom. The van der Waals surface area contributed by atoms with Crippen molar-refractivity contribution < 1.29 is 19.1 Å². The fourth-order valence-electron chi connectivity index (χ4n) is 2.44. The van der Waals surface area contributed by atoms with E-state index in [0.717, 1.165) is 10.2 Å². The summed E-state index contributed by atoms with van der Waals surface area (Å²) >= 11 is 3.35. The zero-order chi connectivity index (χ0) is 16.8. The normalized spacial score (nSPS) is 17.2. The van der Waals surface area contributed by atoms with Gasteiger partial charge in [0, 0.05) is 36.1 Å². The molecule has 124 valence electrons. The van der Waals surface area contributed by atoms with Crippen molar-refractivity contribution in [1.29, 1.82) is 0 Å². The van der Waals surface area contributed by atoms with Gasteiger partial charge in [-0.05, 0) is 30.7 Å². The van der Waals surface area contributed by atoms with Crippen molar-refractivity contribution in [3.8, 4) is 0 Å². The van der Waals surface area contributed by atoms with Crippen molar-refractivity contribution in [2.75, 3.05) is 25.1 Å². The van der Waals surface area contributed by atoms with Crippen LogP contribution in [0.2, 0.25) is 0 Å². The Kier molecular flexibility index (Phi) is 6.15. The highest BCUT2D eigenvalue weighted by atomic mass is 79.9. The van der Waals surface area contributed by atoms with Gasteiger partial charge in [0.1, 0.15) is 0 Å². The molecule has 1 N–H and O–H groups in total. The minimum Gasteiger partial charge on any atom is -0.469 e. The number of anilines is 1. The Hall–Kier alpha value is -1.89. The van der Waals surface area contributed by atoms with Crippen LogP contribution in [-0.4, -0.2) is 38.0 Å². The van der Waals surface area contributed by atoms with Gasteiger partial charge in [0.05, 0.1) is 13.0 Å². The van der Waals surface area contributed by atoms with Crippen LogP contribution in [-0.2, 0) is 19.1 Å². The van der Waals surface area contributed by atoms with Gasteiger partial charge in [-0.3, -0.25) is 14.4 Å². The molecule has 1 atom stereocenters. The van der Waals surface area contributed by atoms with Crippen LogP contribution in [0.5, 0.6) is 0 Å². The van der Waals surface area contributed by atoms with Crippen molar-refractivity contribution in [3.05, 3.63) is 28.7 Å². The van der Waals surface area contributed by atoms with Crippen LogP contribution in [0.1, 0.15) is 19.3 Å².